The summed E-state index contributed by atoms with van der Waals surface area (Å²) in [6, 6.07) is 10.3. The highest BCUT2D eigenvalue weighted by Gasteiger charge is 2.20. The zero-order valence-electron chi connectivity index (χ0n) is 11.6. The highest BCUT2D eigenvalue weighted by atomic mass is 35.5. The molecule has 2 aromatic carbocycles. The summed E-state index contributed by atoms with van der Waals surface area (Å²) in [6.07, 6.45) is 2.37. The second-order valence-electron chi connectivity index (χ2n) is 5.30. The van der Waals surface area contributed by atoms with Crippen LogP contribution >= 0.6 is 11.6 Å². The second-order valence-corrected chi connectivity index (χ2v) is 5.71. The number of rotatable bonds is 3. The van der Waals surface area contributed by atoms with E-state index in [-0.39, 0.29) is 11.9 Å². The van der Waals surface area contributed by atoms with Crippen LogP contribution in [-0.2, 0) is 12.8 Å². The molecule has 0 aliphatic carbocycles. The van der Waals surface area contributed by atoms with E-state index in [1.54, 1.807) is 12.1 Å². The number of benzene rings is 2. The van der Waals surface area contributed by atoms with Crippen molar-refractivity contribution in [1.29, 1.82) is 0 Å². The quantitative estimate of drug-likeness (QED) is 0.928. The van der Waals surface area contributed by atoms with Crippen molar-refractivity contribution in [3.05, 3.63) is 63.9 Å². The summed E-state index contributed by atoms with van der Waals surface area (Å²) in [5, 5.41) is 0.413. The van der Waals surface area contributed by atoms with Crippen molar-refractivity contribution >= 4 is 11.6 Å². The summed E-state index contributed by atoms with van der Waals surface area (Å²) < 4.78 is 19.7. The molecule has 0 aromatic heterocycles. The Hall–Kier alpha value is -1.58. The van der Waals surface area contributed by atoms with E-state index in [0.29, 0.717) is 23.6 Å². The van der Waals surface area contributed by atoms with Crippen molar-refractivity contribution in [3.63, 3.8) is 0 Å². The molecule has 21 heavy (non-hydrogen) atoms. The van der Waals surface area contributed by atoms with Crippen LogP contribution in [0.3, 0.4) is 0 Å². The molecule has 110 valence electrons. The van der Waals surface area contributed by atoms with Crippen LogP contribution in [0.5, 0.6) is 5.75 Å². The standard InChI is InChI=1S/C17H17ClFNO/c18-14-7-2-8-15(19)13(14)10-16(20)12-6-1-4-11-5-3-9-21-17(11)12/h1-2,4,6-8,16H,3,5,9-10,20H2. The molecule has 0 radical (unpaired) electrons. The minimum absolute atomic E-state index is 0.316. The number of hydrogen-bond donors (Lipinski definition) is 1. The van der Waals surface area contributed by atoms with Crippen LogP contribution in [0.15, 0.2) is 36.4 Å². The van der Waals surface area contributed by atoms with Gasteiger partial charge in [-0.15, -0.1) is 0 Å². The number of halogens is 2. The molecule has 4 heteroatoms. The Labute approximate surface area is 128 Å². The lowest BCUT2D eigenvalue weighted by Gasteiger charge is -2.23. The van der Waals surface area contributed by atoms with Crippen LogP contribution in [0.1, 0.15) is 29.2 Å². The monoisotopic (exact) mass is 305 g/mol. The minimum Gasteiger partial charge on any atom is -0.493 e. The topological polar surface area (TPSA) is 35.2 Å². The highest BCUT2D eigenvalue weighted by Crippen LogP contribution is 2.34. The van der Waals surface area contributed by atoms with E-state index < -0.39 is 0 Å². The lowest BCUT2D eigenvalue weighted by atomic mass is 9.94. The first-order valence-electron chi connectivity index (χ1n) is 7.10. The van der Waals surface area contributed by atoms with Crippen molar-refractivity contribution in [2.24, 2.45) is 5.73 Å². The molecule has 1 aliphatic heterocycles. The zero-order chi connectivity index (χ0) is 14.8. The maximum Gasteiger partial charge on any atom is 0.127 e. The van der Waals surface area contributed by atoms with Crippen molar-refractivity contribution in [2.75, 3.05) is 6.61 Å². The molecular weight excluding hydrogens is 289 g/mol. The predicted molar refractivity (Wildman–Crippen MR) is 82.3 cm³/mol. The predicted octanol–water partition coefficient (Wildman–Crippen LogP) is 4.05. The van der Waals surface area contributed by atoms with Gasteiger partial charge in [-0.1, -0.05) is 35.9 Å². The third kappa shape index (κ3) is 2.89. The Morgan fingerprint density at radius 2 is 2.05 bits per heavy atom. The van der Waals surface area contributed by atoms with Crippen molar-refractivity contribution in [2.45, 2.75) is 25.3 Å². The van der Waals surface area contributed by atoms with Gasteiger partial charge in [-0.05, 0) is 37.0 Å². The van der Waals surface area contributed by atoms with Gasteiger partial charge in [0.25, 0.3) is 0 Å². The summed E-state index contributed by atoms with van der Waals surface area (Å²) in [6.45, 7) is 0.706. The van der Waals surface area contributed by atoms with Gasteiger partial charge in [0, 0.05) is 22.2 Å². The van der Waals surface area contributed by atoms with E-state index >= 15 is 0 Å². The summed E-state index contributed by atoms with van der Waals surface area (Å²) in [5.74, 6) is 0.548. The maximum atomic E-state index is 13.9. The number of hydrogen-bond acceptors (Lipinski definition) is 2. The molecule has 2 nitrogen and oxygen atoms in total. The van der Waals surface area contributed by atoms with Gasteiger partial charge < -0.3 is 10.5 Å². The number of aryl methyl sites for hydroxylation is 1. The molecule has 3 rings (SSSR count). The Bertz CT molecular complexity index is 639. The number of nitrogens with two attached hydrogens (primary N) is 1. The van der Waals surface area contributed by atoms with Crippen LogP contribution in [-0.4, -0.2) is 6.61 Å². The van der Waals surface area contributed by atoms with Gasteiger partial charge >= 0.3 is 0 Å². The molecule has 1 atom stereocenters. The van der Waals surface area contributed by atoms with Gasteiger partial charge in [-0.25, -0.2) is 4.39 Å². The van der Waals surface area contributed by atoms with Crippen LogP contribution in [0.25, 0.3) is 0 Å². The highest BCUT2D eigenvalue weighted by molar-refractivity contribution is 6.31. The van der Waals surface area contributed by atoms with Gasteiger partial charge in [0.1, 0.15) is 11.6 Å². The van der Waals surface area contributed by atoms with E-state index in [1.165, 1.54) is 11.6 Å². The van der Waals surface area contributed by atoms with E-state index in [2.05, 4.69) is 6.07 Å². The molecule has 0 saturated heterocycles. The minimum atomic E-state index is -0.340. The normalized spacial score (nSPS) is 15.2. The Morgan fingerprint density at radius 3 is 2.86 bits per heavy atom. The number of para-hydroxylation sites is 1. The molecular formula is C17H17ClFNO. The fourth-order valence-corrected chi connectivity index (χ4v) is 3.00. The zero-order valence-corrected chi connectivity index (χ0v) is 12.4. The lowest BCUT2D eigenvalue weighted by Crippen LogP contribution is -2.18. The first-order valence-corrected chi connectivity index (χ1v) is 7.47. The van der Waals surface area contributed by atoms with Crippen molar-refractivity contribution < 1.29 is 9.13 Å². The van der Waals surface area contributed by atoms with Gasteiger partial charge in [0.2, 0.25) is 0 Å². The Balaban J connectivity index is 1.91. The van der Waals surface area contributed by atoms with E-state index in [1.807, 2.05) is 12.1 Å². The number of fused-ring (bicyclic) bond motifs is 1. The summed E-state index contributed by atoms with van der Waals surface area (Å²) in [4.78, 5) is 0. The second kappa shape index (κ2) is 6.04. The van der Waals surface area contributed by atoms with Gasteiger partial charge in [0.15, 0.2) is 0 Å². The van der Waals surface area contributed by atoms with Crippen LogP contribution in [0.4, 0.5) is 4.39 Å². The molecule has 2 aromatic rings. The smallest absolute Gasteiger partial charge is 0.127 e. The molecule has 0 amide bonds. The molecule has 0 saturated carbocycles. The molecule has 1 aliphatic rings. The largest absolute Gasteiger partial charge is 0.493 e. The van der Waals surface area contributed by atoms with Gasteiger partial charge in [0.05, 0.1) is 6.61 Å². The van der Waals surface area contributed by atoms with E-state index in [9.17, 15) is 4.39 Å². The molecule has 0 spiro atoms. The average Bonchev–Trinajstić information content (AvgIpc) is 2.50. The lowest BCUT2D eigenvalue weighted by molar-refractivity contribution is 0.283. The fraction of sp³-hybridized carbons (Fsp3) is 0.294. The Kier molecular flexibility index (Phi) is 4.13. The molecule has 0 fully saturated rings. The molecule has 0 bridgehead atoms. The van der Waals surface area contributed by atoms with E-state index in [0.717, 1.165) is 24.2 Å². The molecule has 1 unspecified atom stereocenters. The van der Waals surface area contributed by atoms with Crippen molar-refractivity contribution in [1.82, 2.24) is 0 Å². The Morgan fingerprint density at radius 1 is 1.24 bits per heavy atom. The van der Waals surface area contributed by atoms with Crippen LogP contribution in [0, 0.1) is 5.82 Å². The first-order chi connectivity index (χ1) is 10.2. The molecule has 2 N–H and O–H groups in total. The van der Waals surface area contributed by atoms with Gasteiger partial charge in [-0.2, -0.15) is 0 Å². The fourth-order valence-electron chi connectivity index (χ4n) is 2.76. The number of ether oxygens (including phenoxy) is 1. The SMILES string of the molecule is NC(Cc1c(F)cccc1Cl)c1cccc2c1OCCC2. The summed E-state index contributed by atoms with van der Waals surface area (Å²) >= 11 is 6.08. The average molecular weight is 306 g/mol. The van der Waals surface area contributed by atoms with Crippen LogP contribution < -0.4 is 10.5 Å². The third-order valence-electron chi connectivity index (χ3n) is 3.85. The van der Waals surface area contributed by atoms with Crippen molar-refractivity contribution in [3.8, 4) is 5.75 Å². The summed E-state index contributed by atoms with van der Waals surface area (Å²) in [7, 11) is 0. The molecule has 1 heterocycles. The maximum absolute atomic E-state index is 13.9. The summed E-state index contributed by atoms with van der Waals surface area (Å²) in [5.41, 5.74) is 8.84. The first kappa shape index (κ1) is 14.4. The van der Waals surface area contributed by atoms with E-state index in [4.69, 9.17) is 22.1 Å². The van der Waals surface area contributed by atoms with Gasteiger partial charge in [-0.3, -0.25) is 0 Å². The van der Waals surface area contributed by atoms with Crippen LogP contribution in [0.2, 0.25) is 5.02 Å². The third-order valence-corrected chi connectivity index (χ3v) is 4.20.